The third-order valence-electron chi connectivity index (χ3n) is 6.15. The number of carbonyl (C=O) groups excluding carboxylic acids is 2. The minimum absolute atomic E-state index is 0.0152. The van der Waals surface area contributed by atoms with E-state index in [9.17, 15) is 9.59 Å². The van der Waals surface area contributed by atoms with Gasteiger partial charge >= 0.3 is 0 Å². The predicted octanol–water partition coefficient (Wildman–Crippen LogP) is 4.16. The second kappa shape index (κ2) is 9.84. The Hall–Kier alpha value is -2.46. The van der Waals surface area contributed by atoms with Crippen molar-refractivity contribution in [2.45, 2.75) is 38.5 Å². The Balaban J connectivity index is 1.53. The van der Waals surface area contributed by atoms with E-state index in [-0.39, 0.29) is 17.6 Å². The number of hydrogen-bond donors (Lipinski definition) is 1. The number of benzene rings is 2. The Morgan fingerprint density at radius 3 is 2.38 bits per heavy atom. The van der Waals surface area contributed by atoms with Crippen LogP contribution in [0.1, 0.15) is 60.0 Å². The molecule has 0 aromatic heterocycles. The van der Waals surface area contributed by atoms with Crippen LogP contribution in [-0.2, 0) is 4.79 Å². The molecule has 1 aliphatic rings. The molecule has 1 heterocycles. The van der Waals surface area contributed by atoms with Crippen molar-refractivity contribution in [2.75, 3.05) is 33.2 Å². The minimum Gasteiger partial charge on any atom is -0.355 e. The van der Waals surface area contributed by atoms with E-state index in [0.29, 0.717) is 17.7 Å². The smallest absolute Gasteiger partial charge is 0.227 e. The fourth-order valence-electron chi connectivity index (χ4n) is 4.18. The lowest BCUT2D eigenvalue weighted by molar-refractivity contribution is -0.914. The van der Waals surface area contributed by atoms with E-state index in [1.54, 1.807) is 0 Å². The number of amides is 1. The Morgan fingerprint density at radius 1 is 0.966 bits per heavy atom. The molecule has 0 aliphatic carbocycles. The Kier molecular flexibility index (Phi) is 7.21. The van der Waals surface area contributed by atoms with E-state index >= 15 is 0 Å². The van der Waals surface area contributed by atoms with E-state index in [0.717, 1.165) is 23.0 Å². The molecule has 0 saturated carbocycles. The van der Waals surface area contributed by atoms with Crippen LogP contribution in [0.25, 0.3) is 0 Å². The molecule has 0 radical (unpaired) electrons. The van der Waals surface area contributed by atoms with Crippen LogP contribution in [0.15, 0.2) is 54.6 Å². The third-order valence-corrected chi connectivity index (χ3v) is 6.15. The van der Waals surface area contributed by atoms with Crippen LogP contribution < -0.4 is 5.32 Å². The molecule has 2 aromatic rings. The molecule has 1 N–H and O–H groups in total. The molecule has 1 unspecified atom stereocenters. The highest BCUT2D eigenvalue weighted by Crippen LogP contribution is 2.19. The number of nitrogens with zero attached hydrogens (tertiary/aromatic N) is 1. The zero-order chi connectivity index (χ0) is 20.7. The van der Waals surface area contributed by atoms with Crippen LogP contribution in [0.5, 0.6) is 0 Å². The molecule has 1 aliphatic heterocycles. The quantitative estimate of drug-likeness (QED) is 0.416. The van der Waals surface area contributed by atoms with Crippen molar-refractivity contribution < 1.29 is 14.1 Å². The summed E-state index contributed by atoms with van der Waals surface area (Å²) in [6, 6.07) is 16.7. The lowest BCUT2D eigenvalue weighted by Crippen LogP contribution is -2.49. The number of carbonyl (C=O) groups is 2. The van der Waals surface area contributed by atoms with Crippen molar-refractivity contribution in [1.29, 1.82) is 0 Å². The fraction of sp³-hybridized carbons (Fsp3) is 0.440. The normalized spacial score (nSPS) is 16.8. The molecule has 29 heavy (non-hydrogen) atoms. The van der Waals surface area contributed by atoms with Crippen molar-refractivity contribution in [3.63, 3.8) is 0 Å². The zero-order valence-corrected chi connectivity index (χ0v) is 17.7. The maximum Gasteiger partial charge on any atom is 0.227 e. The summed E-state index contributed by atoms with van der Waals surface area (Å²) in [5.41, 5.74) is 2.16. The summed E-state index contributed by atoms with van der Waals surface area (Å²) in [4.78, 5) is 25.3. The highest BCUT2D eigenvalue weighted by molar-refractivity contribution is 6.09. The molecule has 1 atom stereocenters. The van der Waals surface area contributed by atoms with Gasteiger partial charge in [-0.25, -0.2) is 0 Å². The van der Waals surface area contributed by atoms with Crippen LogP contribution in [0.3, 0.4) is 0 Å². The first-order valence-corrected chi connectivity index (χ1v) is 10.8. The van der Waals surface area contributed by atoms with E-state index in [2.05, 4.69) is 12.4 Å². The molecule has 4 nitrogen and oxygen atoms in total. The largest absolute Gasteiger partial charge is 0.355 e. The maximum atomic E-state index is 12.7. The number of hydrogen-bond acceptors (Lipinski definition) is 2. The summed E-state index contributed by atoms with van der Waals surface area (Å²) in [6.45, 7) is 6.24. The van der Waals surface area contributed by atoms with E-state index in [1.165, 1.54) is 32.4 Å². The summed E-state index contributed by atoms with van der Waals surface area (Å²) in [7, 11) is 2.33. The minimum atomic E-state index is -0.279. The molecule has 1 amide bonds. The van der Waals surface area contributed by atoms with Gasteiger partial charge in [0.1, 0.15) is 0 Å². The van der Waals surface area contributed by atoms with Crippen LogP contribution in [0, 0.1) is 0 Å². The molecule has 1 saturated heterocycles. The van der Waals surface area contributed by atoms with Gasteiger partial charge in [0.15, 0.2) is 5.78 Å². The van der Waals surface area contributed by atoms with E-state index in [1.807, 2.05) is 61.5 Å². The first kappa shape index (κ1) is 21.3. The number of nitrogens with one attached hydrogen (secondary N) is 1. The number of ketones is 1. The third kappa shape index (κ3) is 5.77. The molecule has 4 heteroatoms. The summed E-state index contributed by atoms with van der Waals surface area (Å²) < 4.78 is 1.13. The summed E-state index contributed by atoms with van der Waals surface area (Å²) in [5.74, 6) is -0.271. The Morgan fingerprint density at radius 2 is 1.66 bits per heavy atom. The van der Waals surface area contributed by atoms with Crippen molar-refractivity contribution in [3.05, 3.63) is 71.3 Å². The van der Waals surface area contributed by atoms with Gasteiger partial charge in [-0.3, -0.25) is 9.59 Å². The second-order valence-corrected chi connectivity index (χ2v) is 8.54. The van der Waals surface area contributed by atoms with Crippen molar-refractivity contribution in [3.8, 4) is 0 Å². The van der Waals surface area contributed by atoms with Gasteiger partial charge in [-0.05, 0) is 37.8 Å². The molecule has 2 aromatic carbocycles. The average molecular weight is 394 g/mol. The van der Waals surface area contributed by atoms with E-state index < -0.39 is 0 Å². The highest BCUT2D eigenvalue weighted by atomic mass is 16.1. The Labute approximate surface area is 174 Å². The predicted molar refractivity (Wildman–Crippen MR) is 117 cm³/mol. The van der Waals surface area contributed by atoms with Crippen molar-refractivity contribution in [1.82, 2.24) is 5.32 Å². The van der Waals surface area contributed by atoms with Crippen molar-refractivity contribution in [2.24, 2.45) is 0 Å². The topological polar surface area (TPSA) is 46.2 Å². The van der Waals surface area contributed by atoms with Crippen molar-refractivity contribution >= 4 is 11.7 Å². The first-order valence-electron chi connectivity index (χ1n) is 10.8. The molecular weight excluding hydrogens is 360 g/mol. The fourth-order valence-corrected chi connectivity index (χ4v) is 4.18. The number of likely N-dealkylation sites (tertiary alicyclic amines) is 1. The number of rotatable bonds is 8. The van der Waals surface area contributed by atoms with Gasteiger partial charge in [0.05, 0.1) is 32.6 Å². The van der Waals surface area contributed by atoms with Crippen LogP contribution in [0.2, 0.25) is 0 Å². The lowest BCUT2D eigenvalue weighted by Gasteiger charge is -2.37. The summed E-state index contributed by atoms with van der Waals surface area (Å²) >= 11 is 0. The Bertz CT molecular complexity index is 826. The number of piperidine rings is 1. The van der Waals surface area contributed by atoms with Gasteiger partial charge in [-0.2, -0.15) is 0 Å². The monoisotopic (exact) mass is 393 g/mol. The lowest BCUT2D eigenvalue weighted by atomic mass is 9.95. The summed E-state index contributed by atoms with van der Waals surface area (Å²) in [6.07, 6.45) is 4.99. The highest BCUT2D eigenvalue weighted by Gasteiger charge is 2.24. The van der Waals surface area contributed by atoms with Gasteiger partial charge < -0.3 is 9.80 Å². The van der Waals surface area contributed by atoms with Gasteiger partial charge in [0, 0.05) is 24.1 Å². The zero-order valence-electron chi connectivity index (χ0n) is 17.7. The van der Waals surface area contributed by atoms with Crippen LogP contribution in [-0.4, -0.2) is 49.4 Å². The van der Waals surface area contributed by atoms with Gasteiger partial charge in [-0.15, -0.1) is 0 Å². The van der Waals surface area contributed by atoms with E-state index in [4.69, 9.17) is 0 Å². The standard InChI is InChI=1S/C25H32N2O2/c1-20(25(29)26-15-10-18-27(2)16-7-4-8-17-27)22-13-9-14-23(19-22)24(28)21-11-5-3-6-12-21/h3,5-6,9,11-14,19-20H,4,7-8,10,15-18H2,1-2H3/p+1. The molecule has 1 fully saturated rings. The second-order valence-electron chi connectivity index (χ2n) is 8.54. The van der Waals surface area contributed by atoms with Crippen LogP contribution >= 0.6 is 0 Å². The van der Waals surface area contributed by atoms with Gasteiger partial charge in [0.2, 0.25) is 5.91 Å². The molecule has 0 spiro atoms. The first-order chi connectivity index (χ1) is 14.0. The van der Waals surface area contributed by atoms with Crippen LogP contribution in [0.4, 0.5) is 0 Å². The maximum absolute atomic E-state index is 12.7. The van der Waals surface area contributed by atoms with Gasteiger partial charge in [0.25, 0.3) is 0 Å². The molecular formula is C25H33N2O2+. The number of quaternary nitrogens is 1. The average Bonchev–Trinajstić information content (AvgIpc) is 2.76. The SMILES string of the molecule is CC(C(=O)NCCC[N+]1(C)CCCCC1)c1cccc(C(=O)c2ccccc2)c1. The molecule has 3 rings (SSSR count). The molecule has 0 bridgehead atoms. The molecule has 154 valence electrons. The van der Waals surface area contributed by atoms with Gasteiger partial charge in [-0.1, -0.05) is 48.5 Å². The summed E-state index contributed by atoms with van der Waals surface area (Å²) in [5, 5.41) is 3.08.